The second-order valence-electron chi connectivity index (χ2n) is 8.95. The SMILES string of the molecule is CN=C(NCc1cccc(CN2CCCCCC2)c1)N1CCC(N2CCOCC2)C1.I. The normalized spacial score (nSPS) is 24.0. The molecule has 0 spiro atoms. The summed E-state index contributed by atoms with van der Waals surface area (Å²) < 4.78 is 5.51. The third-order valence-corrected chi connectivity index (χ3v) is 6.78. The van der Waals surface area contributed by atoms with Gasteiger partial charge >= 0.3 is 0 Å². The molecule has 7 heteroatoms. The van der Waals surface area contributed by atoms with Crippen LogP contribution in [0.3, 0.4) is 0 Å². The zero-order valence-electron chi connectivity index (χ0n) is 19.1. The van der Waals surface area contributed by atoms with Gasteiger partial charge in [-0.3, -0.25) is 14.8 Å². The first-order valence-electron chi connectivity index (χ1n) is 11.9. The van der Waals surface area contributed by atoms with Gasteiger partial charge in [-0.2, -0.15) is 0 Å². The van der Waals surface area contributed by atoms with E-state index < -0.39 is 0 Å². The van der Waals surface area contributed by atoms with Crippen LogP contribution in [0.5, 0.6) is 0 Å². The molecule has 3 heterocycles. The summed E-state index contributed by atoms with van der Waals surface area (Å²) in [6, 6.07) is 9.70. The average molecular weight is 542 g/mol. The summed E-state index contributed by atoms with van der Waals surface area (Å²) in [5, 5.41) is 3.61. The van der Waals surface area contributed by atoms with Gasteiger partial charge < -0.3 is 15.0 Å². The molecule has 1 aromatic rings. The second kappa shape index (κ2) is 13.0. The van der Waals surface area contributed by atoms with Crippen molar-refractivity contribution in [2.24, 2.45) is 4.99 Å². The van der Waals surface area contributed by atoms with Crippen LogP contribution in [0.15, 0.2) is 29.3 Å². The molecule has 0 radical (unpaired) electrons. The molecule has 1 N–H and O–H groups in total. The number of benzene rings is 1. The van der Waals surface area contributed by atoms with E-state index in [9.17, 15) is 0 Å². The van der Waals surface area contributed by atoms with E-state index in [1.807, 2.05) is 7.05 Å². The minimum Gasteiger partial charge on any atom is -0.379 e. The molecule has 6 nitrogen and oxygen atoms in total. The van der Waals surface area contributed by atoms with Crippen molar-refractivity contribution in [1.29, 1.82) is 0 Å². The number of rotatable bonds is 5. The van der Waals surface area contributed by atoms with Crippen LogP contribution in [0.4, 0.5) is 0 Å². The third-order valence-electron chi connectivity index (χ3n) is 6.78. The summed E-state index contributed by atoms with van der Waals surface area (Å²) >= 11 is 0. The maximum Gasteiger partial charge on any atom is 0.193 e. The van der Waals surface area contributed by atoms with Crippen LogP contribution in [0.25, 0.3) is 0 Å². The van der Waals surface area contributed by atoms with E-state index in [0.717, 1.165) is 58.4 Å². The molecule has 4 rings (SSSR count). The first kappa shape index (κ1) is 24.7. The van der Waals surface area contributed by atoms with Crippen molar-refractivity contribution in [1.82, 2.24) is 20.0 Å². The highest BCUT2D eigenvalue weighted by molar-refractivity contribution is 14.0. The molecule has 3 aliphatic rings. The molecular formula is C24H40IN5O. The van der Waals surface area contributed by atoms with Gasteiger partial charge in [0.15, 0.2) is 5.96 Å². The number of guanidine groups is 1. The number of morpholine rings is 1. The van der Waals surface area contributed by atoms with Crippen LogP contribution in [0, 0.1) is 0 Å². The Kier molecular flexibility index (Phi) is 10.3. The molecule has 1 atom stereocenters. The van der Waals surface area contributed by atoms with Crippen molar-refractivity contribution in [3.05, 3.63) is 35.4 Å². The zero-order chi connectivity index (χ0) is 20.6. The zero-order valence-corrected chi connectivity index (χ0v) is 21.4. The topological polar surface area (TPSA) is 43.3 Å². The van der Waals surface area contributed by atoms with Gasteiger partial charge in [-0.15, -0.1) is 24.0 Å². The first-order valence-corrected chi connectivity index (χ1v) is 11.9. The minimum absolute atomic E-state index is 0. The molecule has 3 aliphatic heterocycles. The molecule has 0 saturated carbocycles. The monoisotopic (exact) mass is 541 g/mol. The Morgan fingerprint density at radius 3 is 2.52 bits per heavy atom. The van der Waals surface area contributed by atoms with E-state index in [1.54, 1.807) is 0 Å². The lowest BCUT2D eigenvalue weighted by Crippen LogP contribution is -2.46. The standard InChI is InChI=1S/C24H39N5O.HI/c1-25-24(29-12-9-23(20-29)28-13-15-30-16-14-28)26-18-21-7-6-8-22(17-21)19-27-10-4-2-3-5-11-27;/h6-8,17,23H,2-5,9-16,18-20H2,1H3,(H,25,26);1H. The van der Waals surface area contributed by atoms with Crippen molar-refractivity contribution in [3.8, 4) is 0 Å². The smallest absolute Gasteiger partial charge is 0.193 e. The summed E-state index contributed by atoms with van der Waals surface area (Å²) in [6.45, 7) is 10.4. The lowest BCUT2D eigenvalue weighted by molar-refractivity contribution is 0.0195. The molecule has 174 valence electrons. The molecule has 31 heavy (non-hydrogen) atoms. The summed E-state index contributed by atoms with van der Waals surface area (Å²) in [7, 11) is 1.90. The van der Waals surface area contributed by atoms with Crippen LogP contribution in [-0.4, -0.2) is 86.2 Å². The Bertz CT molecular complexity index is 686. The van der Waals surface area contributed by atoms with Crippen LogP contribution in [0.2, 0.25) is 0 Å². The third kappa shape index (κ3) is 7.30. The van der Waals surface area contributed by atoms with Gasteiger partial charge in [0.1, 0.15) is 0 Å². The van der Waals surface area contributed by atoms with Crippen LogP contribution in [0.1, 0.15) is 43.2 Å². The molecule has 0 aliphatic carbocycles. The van der Waals surface area contributed by atoms with Gasteiger partial charge in [-0.05, 0) is 43.5 Å². The van der Waals surface area contributed by atoms with Gasteiger partial charge in [-0.25, -0.2) is 0 Å². The van der Waals surface area contributed by atoms with Gasteiger partial charge in [0.05, 0.1) is 13.2 Å². The van der Waals surface area contributed by atoms with Crippen molar-refractivity contribution >= 4 is 29.9 Å². The van der Waals surface area contributed by atoms with E-state index in [0.29, 0.717) is 6.04 Å². The fourth-order valence-electron chi connectivity index (χ4n) is 5.08. The van der Waals surface area contributed by atoms with Gasteiger partial charge in [-0.1, -0.05) is 37.1 Å². The van der Waals surface area contributed by atoms with E-state index in [2.05, 4.69) is 49.3 Å². The van der Waals surface area contributed by atoms with Crippen molar-refractivity contribution in [3.63, 3.8) is 0 Å². The van der Waals surface area contributed by atoms with E-state index in [-0.39, 0.29) is 24.0 Å². The molecule has 3 fully saturated rings. The highest BCUT2D eigenvalue weighted by Crippen LogP contribution is 2.18. The Labute approximate surface area is 205 Å². The fourth-order valence-corrected chi connectivity index (χ4v) is 5.08. The number of likely N-dealkylation sites (tertiary alicyclic amines) is 2. The number of aliphatic imine (C=N–C) groups is 1. The highest BCUT2D eigenvalue weighted by atomic mass is 127. The molecule has 0 amide bonds. The van der Waals surface area contributed by atoms with Gasteiger partial charge in [0.25, 0.3) is 0 Å². The van der Waals surface area contributed by atoms with E-state index in [4.69, 9.17) is 4.74 Å². The quantitative estimate of drug-likeness (QED) is 0.353. The summed E-state index contributed by atoms with van der Waals surface area (Å²) in [5.41, 5.74) is 2.77. The van der Waals surface area contributed by atoms with E-state index in [1.165, 1.54) is 56.3 Å². The van der Waals surface area contributed by atoms with Crippen molar-refractivity contribution in [2.75, 3.05) is 59.5 Å². The fraction of sp³-hybridized carbons (Fsp3) is 0.708. The van der Waals surface area contributed by atoms with Gasteiger partial charge in [0, 0.05) is 52.4 Å². The lowest BCUT2D eigenvalue weighted by Gasteiger charge is -2.32. The number of hydrogen-bond donors (Lipinski definition) is 1. The second-order valence-corrected chi connectivity index (χ2v) is 8.95. The molecule has 0 bridgehead atoms. The number of ether oxygens (including phenoxy) is 1. The lowest BCUT2D eigenvalue weighted by atomic mass is 10.1. The Balaban J connectivity index is 0.00000272. The molecule has 0 aromatic heterocycles. The van der Waals surface area contributed by atoms with Crippen molar-refractivity contribution in [2.45, 2.75) is 51.2 Å². The van der Waals surface area contributed by atoms with Crippen LogP contribution < -0.4 is 5.32 Å². The largest absolute Gasteiger partial charge is 0.379 e. The first-order chi connectivity index (χ1) is 14.8. The molecule has 3 saturated heterocycles. The van der Waals surface area contributed by atoms with E-state index >= 15 is 0 Å². The maximum absolute atomic E-state index is 5.51. The Morgan fingerprint density at radius 1 is 1.03 bits per heavy atom. The predicted octanol–water partition coefficient (Wildman–Crippen LogP) is 3.16. The number of nitrogens with one attached hydrogen (secondary N) is 1. The Morgan fingerprint density at radius 2 is 1.77 bits per heavy atom. The summed E-state index contributed by atoms with van der Waals surface area (Å²) in [6.07, 6.45) is 6.69. The van der Waals surface area contributed by atoms with Crippen LogP contribution in [-0.2, 0) is 17.8 Å². The average Bonchev–Trinajstić information content (AvgIpc) is 3.13. The maximum atomic E-state index is 5.51. The van der Waals surface area contributed by atoms with Crippen molar-refractivity contribution < 1.29 is 4.74 Å². The molecule has 1 aromatic carbocycles. The van der Waals surface area contributed by atoms with Gasteiger partial charge in [0.2, 0.25) is 0 Å². The number of halogens is 1. The number of nitrogens with zero attached hydrogens (tertiary/aromatic N) is 4. The summed E-state index contributed by atoms with van der Waals surface area (Å²) in [5.74, 6) is 1.03. The number of hydrogen-bond acceptors (Lipinski definition) is 4. The van der Waals surface area contributed by atoms with Crippen LogP contribution >= 0.6 is 24.0 Å². The Hall–Kier alpha value is -0.900. The highest BCUT2D eigenvalue weighted by Gasteiger charge is 2.30. The predicted molar refractivity (Wildman–Crippen MR) is 138 cm³/mol. The molecular weight excluding hydrogens is 501 g/mol. The summed E-state index contributed by atoms with van der Waals surface area (Å²) in [4.78, 5) is 12.2. The minimum atomic E-state index is 0. The molecule has 1 unspecified atom stereocenters.